The van der Waals surface area contributed by atoms with Gasteiger partial charge in [0.15, 0.2) is 0 Å². The Bertz CT molecular complexity index is 416. The van der Waals surface area contributed by atoms with Crippen molar-refractivity contribution in [1.82, 2.24) is 5.32 Å². The fourth-order valence-electron chi connectivity index (χ4n) is 1.30. The van der Waals surface area contributed by atoms with Gasteiger partial charge < -0.3 is 10.1 Å². The average molecular weight is 237 g/mol. The van der Waals surface area contributed by atoms with Crippen LogP contribution in [0.2, 0.25) is 0 Å². The number of halogens is 1. The van der Waals surface area contributed by atoms with Gasteiger partial charge in [-0.3, -0.25) is 4.79 Å². The normalized spacial score (nSPS) is 11.4. The second kappa shape index (κ2) is 6.81. The molecule has 0 saturated carbocycles. The number of methoxy groups -OCH3 is 1. The topological polar surface area (TPSA) is 38.3 Å². The molecular weight excluding hydrogens is 221 g/mol. The average Bonchev–Trinajstić information content (AvgIpc) is 2.32. The van der Waals surface area contributed by atoms with Gasteiger partial charge >= 0.3 is 0 Å². The molecule has 0 aliphatic carbocycles. The summed E-state index contributed by atoms with van der Waals surface area (Å²) in [5.74, 6) is -0.554. The Morgan fingerprint density at radius 3 is 2.82 bits per heavy atom. The molecule has 0 heterocycles. The highest BCUT2D eigenvalue weighted by Crippen LogP contribution is 2.11. The lowest BCUT2D eigenvalue weighted by Crippen LogP contribution is -2.27. The van der Waals surface area contributed by atoms with Crippen molar-refractivity contribution in [2.75, 3.05) is 20.3 Å². The van der Waals surface area contributed by atoms with Crippen molar-refractivity contribution in [2.45, 2.75) is 6.92 Å². The standard InChI is InChI=1S/C13H16FNO2/c1-10(13(16)15-7-8-17-2)9-11-5-3-4-6-12(11)14/h3-6,9H,7-8H2,1-2H3,(H,15,16)/b10-9+. The van der Waals surface area contributed by atoms with Gasteiger partial charge in [0.05, 0.1) is 6.61 Å². The van der Waals surface area contributed by atoms with E-state index in [1.54, 1.807) is 32.2 Å². The van der Waals surface area contributed by atoms with E-state index in [-0.39, 0.29) is 11.7 Å². The SMILES string of the molecule is COCCNC(=O)/C(C)=C/c1ccccc1F. The molecule has 0 spiro atoms. The minimum atomic E-state index is -0.337. The maximum absolute atomic E-state index is 13.3. The predicted molar refractivity (Wildman–Crippen MR) is 64.9 cm³/mol. The number of carbonyl (C=O) groups is 1. The first-order chi connectivity index (χ1) is 8.15. The number of hydrogen-bond donors (Lipinski definition) is 1. The Kier molecular flexibility index (Phi) is 5.36. The van der Waals surface area contributed by atoms with Crippen LogP contribution in [-0.2, 0) is 9.53 Å². The third kappa shape index (κ3) is 4.36. The summed E-state index contributed by atoms with van der Waals surface area (Å²) in [6.45, 7) is 2.55. The Hall–Kier alpha value is -1.68. The van der Waals surface area contributed by atoms with Crippen molar-refractivity contribution in [1.29, 1.82) is 0 Å². The van der Waals surface area contributed by atoms with Crippen LogP contribution in [0.15, 0.2) is 29.8 Å². The second-order valence-corrected chi connectivity index (χ2v) is 3.60. The molecule has 0 radical (unpaired) electrons. The Morgan fingerprint density at radius 2 is 2.18 bits per heavy atom. The second-order valence-electron chi connectivity index (χ2n) is 3.60. The fourth-order valence-corrected chi connectivity index (χ4v) is 1.30. The van der Waals surface area contributed by atoms with Gasteiger partial charge in [-0.25, -0.2) is 4.39 Å². The van der Waals surface area contributed by atoms with E-state index in [1.807, 2.05) is 0 Å². The lowest BCUT2D eigenvalue weighted by Gasteiger charge is -2.04. The lowest BCUT2D eigenvalue weighted by molar-refractivity contribution is -0.117. The van der Waals surface area contributed by atoms with Crippen LogP contribution in [0.5, 0.6) is 0 Å². The molecule has 1 N–H and O–H groups in total. The van der Waals surface area contributed by atoms with Gasteiger partial charge in [-0.05, 0) is 19.1 Å². The highest BCUT2D eigenvalue weighted by Gasteiger charge is 2.04. The van der Waals surface area contributed by atoms with E-state index >= 15 is 0 Å². The fraction of sp³-hybridized carbons (Fsp3) is 0.308. The summed E-state index contributed by atoms with van der Waals surface area (Å²) in [7, 11) is 1.56. The Labute approximate surface area is 100 Å². The van der Waals surface area contributed by atoms with Gasteiger partial charge in [-0.1, -0.05) is 18.2 Å². The summed E-state index contributed by atoms with van der Waals surface area (Å²) in [5.41, 5.74) is 0.873. The first kappa shape index (κ1) is 13.4. The molecule has 3 nitrogen and oxygen atoms in total. The van der Waals surface area contributed by atoms with E-state index in [1.165, 1.54) is 12.1 Å². The Morgan fingerprint density at radius 1 is 1.47 bits per heavy atom. The van der Waals surface area contributed by atoms with Gasteiger partial charge in [-0.2, -0.15) is 0 Å². The van der Waals surface area contributed by atoms with Crippen molar-refractivity contribution in [3.05, 3.63) is 41.2 Å². The van der Waals surface area contributed by atoms with E-state index in [0.717, 1.165) is 0 Å². The third-order valence-electron chi connectivity index (χ3n) is 2.23. The van der Waals surface area contributed by atoms with E-state index in [4.69, 9.17) is 4.74 Å². The van der Waals surface area contributed by atoms with Crippen LogP contribution in [0.3, 0.4) is 0 Å². The van der Waals surface area contributed by atoms with Crippen LogP contribution >= 0.6 is 0 Å². The molecule has 0 atom stereocenters. The zero-order chi connectivity index (χ0) is 12.7. The van der Waals surface area contributed by atoms with E-state index < -0.39 is 0 Å². The van der Waals surface area contributed by atoms with Gasteiger partial charge in [0, 0.05) is 24.8 Å². The minimum Gasteiger partial charge on any atom is -0.383 e. The molecule has 92 valence electrons. The van der Waals surface area contributed by atoms with Crippen LogP contribution in [0, 0.1) is 5.82 Å². The van der Waals surface area contributed by atoms with Crippen LogP contribution in [0.1, 0.15) is 12.5 Å². The zero-order valence-electron chi connectivity index (χ0n) is 10.00. The summed E-state index contributed by atoms with van der Waals surface area (Å²) in [5, 5.41) is 2.67. The molecule has 1 rings (SSSR count). The van der Waals surface area contributed by atoms with E-state index in [2.05, 4.69) is 5.32 Å². The third-order valence-corrected chi connectivity index (χ3v) is 2.23. The van der Waals surface area contributed by atoms with E-state index in [9.17, 15) is 9.18 Å². The molecule has 4 heteroatoms. The highest BCUT2D eigenvalue weighted by atomic mass is 19.1. The van der Waals surface area contributed by atoms with Crippen molar-refractivity contribution in [3.8, 4) is 0 Å². The summed E-state index contributed by atoms with van der Waals surface area (Å²) in [6.07, 6.45) is 1.53. The number of benzene rings is 1. The van der Waals surface area contributed by atoms with Crippen molar-refractivity contribution in [3.63, 3.8) is 0 Å². The molecule has 0 aliphatic rings. The van der Waals surface area contributed by atoms with Crippen LogP contribution in [0.4, 0.5) is 4.39 Å². The van der Waals surface area contributed by atoms with Crippen molar-refractivity contribution < 1.29 is 13.9 Å². The maximum atomic E-state index is 13.3. The van der Waals surface area contributed by atoms with Gasteiger partial charge in [0.2, 0.25) is 5.91 Å². The molecule has 0 saturated heterocycles. The number of amides is 1. The molecule has 1 aromatic carbocycles. The zero-order valence-corrected chi connectivity index (χ0v) is 10.00. The van der Waals surface area contributed by atoms with Gasteiger partial charge in [-0.15, -0.1) is 0 Å². The minimum absolute atomic E-state index is 0.217. The summed E-state index contributed by atoms with van der Waals surface area (Å²) in [6, 6.07) is 6.33. The first-order valence-corrected chi connectivity index (χ1v) is 5.35. The van der Waals surface area contributed by atoms with Crippen molar-refractivity contribution >= 4 is 12.0 Å². The molecule has 17 heavy (non-hydrogen) atoms. The molecule has 1 aromatic rings. The number of ether oxygens (including phenoxy) is 1. The highest BCUT2D eigenvalue weighted by molar-refractivity contribution is 5.97. The monoisotopic (exact) mass is 237 g/mol. The lowest BCUT2D eigenvalue weighted by atomic mass is 10.1. The molecular formula is C13H16FNO2. The molecule has 0 aliphatic heterocycles. The van der Waals surface area contributed by atoms with Crippen LogP contribution in [0.25, 0.3) is 6.08 Å². The number of rotatable bonds is 5. The summed E-state index contributed by atoms with van der Waals surface area (Å²) >= 11 is 0. The molecule has 0 bridgehead atoms. The Balaban J connectivity index is 2.66. The van der Waals surface area contributed by atoms with E-state index in [0.29, 0.717) is 24.3 Å². The quantitative estimate of drug-likeness (QED) is 0.628. The van der Waals surface area contributed by atoms with Gasteiger partial charge in [0.1, 0.15) is 5.82 Å². The molecule has 0 fully saturated rings. The van der Waals surface area contributed by atoms with Gasteiger partial charge in [0.25, 0.3) is 0 Å². The summed E-state index contributed by atoms with van der Waals surface area (Å²) < 4.78 is 18.1. The largest absolute Gasteiger partial charge is 0.383 e. The molecule has 0 unspecified atom stereocenters. The first-order valence-electron chi connectivity index (χ1n) is 5.35. The summed E-state index contributed by atoms with van der Waals surface area (Å²) in [4.78, 5) is 11.6. The molecule has 0 aromatic heterocycles. The number of hydrogen-bond acceptors (Lipinski definition) is 2. The number of nitrogens with one attached hydrogen (secondary N) is 1. The predicted octanol–water partition coefficient (Wildman–Crippen LogP) is 1.99. The van der Waals surface area contributed by atoms with Crippen LogP contribution < -0.4 is 5.32 Å². The molecule has 1 amide bonds. The van der Waals surface area contributed by atoms with Crippen molar-refractivity contribution in [2.24, 2.45) is 0 Å². The smallest absolute Gasteiger partial charge is 0.247 e. The van der Waals surface area contributed by atoms with Crippen LogP contribution in [-0.4, -0.2) is 26.2 Å². The number of carbonyl (C=O) groups excluding carboxylic acids is 1. The maximum Gasteiger partial charge on any atom is 0.247 e.